The Balaban J connectivity index is 3.35. The highest BCUT2D eigenvalue weighted by molar-refractivity contribution is 7.90. The van der Waals surface area contributed by atoms with Crippen molar-refractivity contribution in [2.75, 3.05) is 12.0 Å². The Bertz CT molecular complexity index is 440. The van der Waals surface area contributed by atoms with Crippen LogP contribution in [0.25, 0.3) is 0 Å². The normalized spacial score (nSPS) is 12.0. The molecule has 1 aromatic rings. The largest absolute Gasteiger partial charge is 0.368 e. The predicted octanol–water partition coefficient (Wildman–Crippen LogP) is 0.586. The number of anilines is 1. The number of hydrogen-bond donors (Lipinski definition) is 1. The van der Waals surface area contributed by atoms with Crippen LogP contribution in [0.4, 0.5) is 5.95 Å². The van der Waals surface area contributed by atoms with Gasteiger partial charge in [-0.25, -0.2) is 18.4 Å². The summed E-state index contributed by atoms with van der Waals surface area (Å²) in [6.45, 7) is 3.82. The molecule has 1 heterocycles. The smallest absolute Gasteiger partial charge is 0.221 e. The highest BCUT2D eigenvalue weighted by Gasteiger charge is 2.13. The van der Waals surface area contributed by atoms with Crippen LogP contribution in [0.2, 0.25) is 0 Å². The minimum Gasteiger partial charge on any atom is -0.368 e. The van der Waals surface area contributed by atoms with Crippen molar-refractivity contribution in [1.82, 2.24) is 9.97 Å². The van der Waals surface area contributed by atoms with Gasteiger partial charge < -0.3 is 5.73 Å². The van der Waals surface area contributed by atoms with Crippen LogP contribution in [0.5, 0.6) is 0 Å². The Morgan fingerprint density at radius 2 is 1.93 bits per heavy atom. The Morgan fingerprint density at radius 3 is 2.36 bits per heavy atom. The molecule has 0 saturated heterocycles. The molecule has 0 amide bonds. The summed E-state index contributed by atoms with van der Waals surface area (Å²) < 4.78 is 22.4. The summed E-state index contributed by atoms with van der Waals surface area (Å²) in [5.74, 6) is 0.123. The summed E-state index contributed by atoms with van der Waals surface area (Å²) in [5.41, 5.74) is 6.04. The molecule has 0 fully saturated rings. The zero-order valence-corrected chi connectivity index (χ0v) is 9.17. The number of sulfone groups is 1. The third kappa shape index (κ3) is 2.41. The Morgan fingerprint density at radius 1 is 1.36 bits per heavy atom. The van der Waals surface area contributed by atoms with Gasteiger partial charge in [0.25, 0.3) is 0 Å². The quantitative estimate of drug-likeness (QED) is 0.729. The van der Waals surface area contributed by atoms with Gasteiger partial charge in [0.05, 0.1) is 0 Å². The first-order chi connectivity index (χ1) is 6.30. The topological polar surface area (TPSA) is 85.9 Å². The van der Waals surface area contributed by atoms with E-state index in [-0.39, 0.29) is 16.9 Å². The van der Waals surface area contributed by atoms with Crippen LogP contribution in [-0.2, 0) is 9.84 Å². The lowest BCUT2D eigenvalue weighted by molar-refractivity contribution is 0.597. The maximum atomic E-state index is 11.2. The van der Waals surface area contributed by atoms with E-state index in [1.807, 2.05) is 13.8 Å². The Kier molecular flexibility index (Phi) is 2.75. The molecule has 0 bridgehead atoms. The van der Waals surface area contributed by atoms with E-state index in [0.29, 0.717) is 5.69 Å². The second kappa shape index (κ2) is 3.53. The van der Waals surface area contributed by atoms with Crippen LogP contribution in [0.1, 0.15) is 25.5 Å². The fourth-order valence-corrected chi connectivity index (χ4v) is 1.54. The van der Waals surface area contributed by atoms with Gasteiger partial charge in [-0.05, 0) is 12.0 Å². The monoisotopic (exact) mass is 215 g/mol. The fraction of sp³-hybridized carbons (Fsp3) is 0.500. The molecule has 6 heteroatoms. The van der Waals surface area contributed by atoms with E-state index in [1.165, 1.54) is 6.07 Å². The average molecular weight is 215 g/mol. The predicted molar refractivity (Wildman–Crippen MR) is 53.6 cm³/mol. The van der Waals surface area contributed by atoms with Gasteiger partial charge in [-0.15, -0.1) is 0 Å². The molecule has 2 N–H and O–H groups in total. The van der Waals surface area contributed by atoms with Gasteiger partial charge in [0.2, 0.25) is 5.95 Å². The van der Waals surface area contributed by atoms with Gasteiger partial charge in [-0.2, -0.15) is 0 Å². The first-order valence-corrected chi connectivity index (χ1v) is 6.04. The molecule has 0 unspecified atom stereocenters. The van der Waals surface area contributed by atoms with Crippen LogP contribution < -0.4 is 5.73 Å². The second-order valence-electron chi connectivity index (χ2n) is 3.42. The summed E-state index contributed by atoms with van der Waals surface area (Å²) in [5, 5.41) is -0.0197. The summed E-state index contributed by atoms with van der Waals surface area (Å²) in [6, 6.07) is 1.45. The summed E-state index contributed by atoms with van der Waals surface area (Å²) in [7, 11) is -3.31. The molecule has 1 aromatic heterocycles. The zero-order chi connectivity index (χ0) is 10.9. The van der Waals surface area contributed by atoms with E-state index in [9.17, 15) is 8.42 Å². The van der Waals surface area contributed by atoms with E-state index in [2.05, 4.69) is 9.97 Å². The van der Waals surface area contributed by atoms with Crippen LogP contribution in [0, 0.1) is 0 Å². The maximum Gasteiger partial charge on any atom is 0.221 e. The zero-order valence-electron chi connectivity index (χ0n) is 8.35. The van der Waals surface area contributed by atoms with Crippen molar-refractivity contribution in [1.29, 1.82) is 0 Å². The van der Waals surface area contributed by atoms with Crippen molar-refractivity contribution in [3.05, 3.63) is 11.8 Å². The minimum absolute atomic E-state index is 0.00312. The summed E-state index contributed by atoms with van der Waals surface area (Å²) in [4.78, 5) is 7.62. The summed E-state index contributed by atoms with van der Waals surface area (Å²) in [6.07, 6.45) is 1.10. The summed E-state index contributed by atoms with van der Waals surface area (Å²) >= 11 is 0. The van der Waals surface area contributed by atoms with E-state index in [0.717, 1.165) is 6.26 Å². The van der Waals surface area contributed by atoms with Crippen molar-refractivity contribution in [3.8, 4) is 0 Å². The standard InChI is InChI=1S/C8H13N3O2S/c1-5(2)6-4-7(14(3,12)13)11-8(9)10-6/h4-5H,1-3H3,(H2,9,10,11). The number of nitrogens with zero attached hydrogens (tertiary/aromatic N) is 2. The van der Waals surface area contributed by atoms with Crippen molar-refractivity contribution < 1.29 is 8.42 Å². The van der Waals surface area contributed by atoms with Gasteiger partial charge >= 0.3 is 0 Å². The molecule has 0 aliphatic rings. The minimum atomic E-state index is -3.31. The van der Waals surface area contributed by atoms with Crippen LogP contribution in [0.15, 0.2) is 11.1 Å². The van der Waals surface area contributed by atoms with Gasteiger partial charge in [-0.3, -0.25) is 0 Å². The number of nitrogens with two attached hydrogens (primary N) is 1. The van der Waals surface area contributed by atoms with Gasteiger partial charge in [0.1, 0.15) is 0 Å². The lowest BCUT2D eigenvalue weighted by atomic mass is 10.1. The SMILES string of the molecule is CC(C)c1cc(S(C)(=O)=O)nc(N)n1. The lowest BCUT2D eigenvalue weighted by Crippen LogP contribution is -2.08. The number of rotatable bonds is 2. The van der Waals surface area contributed by atoms with E-state index >= 15 is 0 Å². The fourth-order valence-electron chi connectivity index (χ4n) is 0.947. The van der Waals surface area contributed by atoms with Crippen molar-refractivity contribution in [3.63, 3.8) is 0 Å². The van der Waals surface area contributed by atoms with Crippen LogP contribution in [-0.4, -0.2) is 24.6 Å². The molecule has 0 aromatic carbocycles. The Labute approximate surface area is 83.3 Å². The molecule has 0 aliphatic carbocycles. The van der Waals surface area contributed by atoms with Crippen LogP contribution >= 0.6 is 0 Å². The second-order valence-corrected chi connectivity index (χ2v) is 5.38. The van der Waals surface area contributed by atoms with Gasteiger partial charge in [0.15, 0.2) is 14.9 Å². The average Bonchev–Trinajstić information content (AvgIpc) is 2.01. The molecule has 0 atom stereocenters. The van der Waals surface area contributed by atoms with Crippen molar-refractivity contribution in [2.45, 2.75) is 24.8 Å². The van der Waals surface area contributed by atoms with E-state index in [1.54, 1.807) is 0 Å². The molecule has 78 valence electrons. The van der Waals surface area contributed by atoms with Crippen LogP contribution in [0.3, 0.4) is 0 Å². The Hall–Kier alpha value is -1.17. The molecule has 0 saturated carbocycles. The highest BCUT2D eigenvalue weighted by Crippen LogP contribution is 2.16. The molecule has 0 radical (unpaired) electrons. The van der Waals surface area contributed by atoms with E-state index < -0.39 is 9.84 Å². The third-order valence-electron chi connectivity index (χ3n) is 1.71. The number of aromatic nitrogens is 2. The molecule has 1 rings (SSSR count). The molecule has 0 spiro atoms. The van der Waals surface area contributed by atoms with Gasteiger partial charge in [0, 0.05) is 11.9 Å². The third-order valence-corrected chi connectivity index (χ3v) is 2.68. The first-order valence-electron chi connectivity index (χ1n) is 4.15. The van der Waals surface area contributed by atoms with E-state index in [4.69, 9.17) is 5.73 Å². The molecule has 14 heavy (non-hydrogen) atoms. The molecule has 0 aliphatic heterocycles. The maximum absolute atomic E-state index is 11.2. The molecule has 5 nitrogen and oxygen atoms in total. The molecular formula is C8H13N3O2S. The van der Waals surface area contributed by atoms with Crippen molar-refractivity contribution in [2.24, 2.45) is 0 Å². The highest BCUT2D eigenvalue weighted by atomic mass is 32.2. The van der Waals surface area contributed by atoms with Crippen molar-refractivity contribution >= 4 is 15.8 Å². The van der Waals surface area contributed by atoms with Gasteiger partial charge in [-0.1, -0.05) is 13.8 Å². The lowest BCUT2D eigenvalue weighted by Gasteiger charge is -2.06. The number of hydrogen-bond acceptors (Lipinski definition) is 5. The molecular weight excluding hydrogens is 202 g/mol. The first kappa shape index (κ1) is 10.9. The number of nitrogen functional groups attached to an aromatic ring is 1.